The van der Waals surface area contributed by atoms with E-state index in [0.29, 0.717) is 31.6 Å². The first-order valence-electron chi connectivity index (χ1n) is 7.41. The standard InChI is InChI=1S/C16H21FN2O4/c1-3-19(13-9-7-12(17)8-10-13)16(22)15(21)18-11-5-4-6-14(20)23-2/h7-10H,3-6,11H2,1-2H3,(H,18,21). The Morgan fingerprint density at radius 1 is 1.17 bits per heavy atom. The van der Waals surface area contributed by atoms with Gasteiger partial charge in [-0.1, -0.05) is 0 Å². The zero-order valence-electron chi connectivity index (χ0n) is 13.3. The summed E-state index contributed by atoms with van der Waals surface area (Å²) in [6.07, 6.45) is 1.41. The van der Waals surface area contributed by atoms with E-state index in [-0.39, 0.29) is 12.4 Å². The quantitative estimate of drug-likeness (QED) is 0.470. The predicted molar refractivity (Wildman–Crippen MR) is 83.3 cm³/mol. The second kappa shape index (κ2) is 9.55. The normalized spacial score (nSPS) is 10.0. The molecule has 0 aliphatic heterocycles. The lowest BCUT2D eigenvalue weighted by molar-refractivity contribution is -0.140. The maximum atomic E-state index is 12.9. The molecule has 23 heavy (non-hydrogen) atoms. The highest BCUT2D eigenvalue weighted by Crippen LogP contribution is 2.14. The number of esters is 1. The van der Waals surface area contributed by atoms with Crippen molar-refractivity contribution >= 4 is 23.5 Å². The van der Waals surface area contributed by atoms with Crippen LogP contribution >= 0.6 is 0 Å². The summed E-state index contributed by atoms with van der Waals surface area (Å²) in [7, 11) is 1.32. The van der Waals surface area contributed by atoms with Crippen LogP contribution in [0.5, 0.6) is 0 Å². The van der Waals surface area contributed by atoms with E-state index < -0.39 is 17.6 Å². The number of nitrogens with zero attached hydrogens (tertiary/aromatic N) is 1. The monoisotopic (exact) mass is 324 g/mol. The molecule has 1 aromatic carbocycles. The van der Waals surface area contributed by atoms with Gasteiger partial charge in [-0.3, -0.25) is 14.4 Å². The number of likely N-dealkylation sites (N-methyl/N-ethyl adjacent to an activating group) is 1. The van der Waals surface area contributed by atoms with Crippen molar-refractivity contribution in [3.8, 4) is 0 Å². The summed E-state index contributed by atoms with van der Waals surface area (Å²) >= 11 is 0. The maximum absolute atomic E-state index is 12.9. The van der Waals surface area contributed by atoms with Crippen molar-refractivity contribution in [1.82, 2.24) is 5.32 Å². The van der Waals surface area contributed by atoms with Crippen molar-refractivity contribution in [2.24, 2.45) is 0 Å². The van der Waals surface area contributed by atoms with Crippen LogP contribution in [0, 0.1) is 5.82 Å². The van der Waals surface area contributed by atoms with Crippen LogP contribution in [0.25, 0.3) is 0 Å². The number of halogens is 1. The number of carbonyl (C=O) groups excluding carboxylic acids is 3. The third kappa shape index (κ3) is 6.06. The highest BCUT2D eigenvalue weighted by Gasteiger charge is 2.21. The van der Waals surface area contributed by atoms with Gasteiger partial charge in [0, 0.05) is 25.2 Å². The summed E-state index contributed by atoms with van der Waals surface area (Å²) in [4.78, 5) is 36.2. The lowest BCUT2D eigenvalue weighted by Gasteiger charge is -2.20. The number of amides is 2. The molecule has 0 atom stereocenters. The van der Waals surface area contributed by atoms with Crippen LogP contribution in [-0.4, -0.2) is 38.0 Å². The van der Waals surface area contributed by atoms with E-state index in [1.54, 1.807) is 6.92 Å². The van der Waals surface area contributed by atoms with Crippen LogP contribution in [0.1, 0.15) is 26.2 Å². The summed E-state index contributed by atoms with van der Waals surface area (Å²) < 4.78 is 17.4. The van der Waals surface area contributed by atoms with Gasteiger partial charge in [0.15, 0.2) is 0 Å². The first kappa shape index (κ1) is 18.6. The number of hydrogen-bond donors (Lipinski definition) is 1. The lowest BCUT2D eigenvalue weighted by atomic mass is 10.2. The fraction of sp³-hybridized carbons (Fsp3) is 0.438. The summed E-state index contributed by atoms with van der Waals surface area (Å²) in [6.45, 7) is 2.31. The number of methoxy groups -OCH3 is 1. The van der Waals surface area contributed by atoms with Crippen molar-refractivity contribution in [2.75, 3.05) is 25.1 Å². The van der Waals surface area contributed by atoms with Crippen molar-refractivity contribution in [1.29, 1.82) is 0 Å². The molecule has 2 amide bonds. The third-order valence-corrected chi connectivity index (χ3v) is 3.21. The number of ether oxygens (including phenoxy) is 1. The van der Waals surface area contributed by atoms with E-state index in [0.717, 1.165) is 0 Å². The molecule has 0 unspecified atom stereocenters. The SMILES string of the molecule is CCN(C(=O)C(=O)NCCCCC(=O)OC)c1ccc(F)cc1. The van der Waals surface area contributed by atoms with E-state index >= 15 is 0 Å². The molecule has 0 saturated carbocycles. The summed E-state index contributed by atoms with van der Waals surface area (Å²) in [5, 5.41) is 2.51. The molecular formula is C16H21FN2O4. The Bertz CT molecular complexity index is 546. The molecule has 1 rings (SSSR count). The van der Waals surface area contributed by atoms with Crippen LogP contribution < -0.4 is 10.2 Å². The Morgan fingerprint density at radius 2 is 1.83 bits per heavy atom. The number of unbranched alkanes of at least 4 members (excludes halogenated alkanes) is 1. The minimum atomic E-state index is -0.728. The molecular weight excluding hydrogens is 303 g/mol. The highest BCUT2D eigenvalue weighted by molar-refractivity contribution is 6.40. The van der Waals surface area contributed by atoms with Gasteiger partial charge in [-0.15, -0.1) is 0 Å². The number of nitrogens with one attached hydrogen (secondary N) is 1. The average molecular weight is 324 g/mol. The van der Waals surface area contributed by atoms with Gasteiger partial charge in [0.1, 0.15) is 5.82 Å². The van der Waals surface area contributed by atoms with Crippen molar-refractivity contribution in [3.63, 3.8) is 0 Å². The molecule has 0 radical (unpaired) electrons. The number of benzene rings is 1. The third-order valence-electron chi connectivity index (χ3n) is 3.21. The van der Waals surface area contributed by atoms with Gasteiger partial charge >= 0.3 is 17.8 Å². The van der Waals surface area contributed by atoms with E-state index in [4.69, 9.17) is 0 Å². The molecule has 0 aromatic heterocycles. The highest BCUT2D eigenvalue weighted by atomic mass is 19.1. The molecule has 0 spiro atoms. The van der Waals surface area contributed by atoms with Crippen LogP contribution in [0.4, 0.5) is 10.1 Å². The van der Waals surface area contributed by atoms with E-state index in [1.165, 1.54) is 36.3 Å². The van der Waals surface area contributed by atoms with Gasteiger partial charge in [0.25, 0.3) is 0 Å². The molecule has 0 aliphatic carbocycles. The minimum absolute atomic E-state index is 0.275. The molecule has 0 bridgehead atoms. The molecule has 1 N–H and O–H groups in total. The van der Waals surface area contributed by atoms with Crippen LogP contribution in [-0.2, 0) is 19.1 Å². The molecule has 1 aromatic rings. The average Bonchev–Trinajstić information content (AvgIpc) is 2.56. The van der Waals surface area contributed by atoms with Crippen molar-refractivity contribution in [3.05, 3.63) is 30.1 Å². The minimum Gasteiger partial charge on any atom is -0.469 e. The second-order valence-electron chi connectivity index (χ2n) is 4.81. The van der Waals surface area contributed by atoms with Gasteiger partial charge in [0.2, 0.25) is 0 Å². The number of hydrogen-bond acceptors (Lipinski definition) is 4. The molecule has 6 nitrogen and oxygen atoms in total. The zero-order valence-corrected chi connectivity index (χ0v) is 13.3. The van der Waals surface area contributed by atoms with Crippen LogP contribution in [0.2, 0.25) is 0 Å². The molecule has 7 heteroatoms. The fourth-order valence-electron chi connectivity index (χ4n) is 1.96. The number of rotatable bonds is 7. The Kier molecular flexibility index (Phi) is 7.73. The molecule has 0 aliphatic rings. The van der Waals surface area contributed by atoms with Gasteiger partial charge in [-0.2, -0.15) is 0 Å². The Labute approximate surface area is 134 Å². The van der Waals surface area contributed by atoms with Crippen molar-refractivity contribution < 1.29 is 23.5 Å². The summed E-state index contributed by atoms with van der Waals surface area (Å²) in [5.41, 5.74) is 0.458. The Morgan fingerprint density at radius 3 is 2.39 bits per heavy atom. The summed E-state index contributed by atoms with van der Waals surface area (Å²) in [6, 6.07) is 5.35. The molecule has 0 heterocycles. The van der Waals surface area contributed by atoms with E-state index in [1.807, 2.05) is 0 Å². The summed E-state index contributed by atoms with van der Waals surface area (Å²) in [5.74, 6) is -2.14. The fourth-order valence-corrected chi connectivity index (χ4v) is 1.96. The van der Waals surface area contributed by atoms with E-state index in [2.05, 4.69) is 10.1 Å². The van der Waals surface area contributed by atoms with Gasteiger partial charge in [0.05, 0.1) is 7.11 Å². The molecule has 0 fully saturated rings. The Balaban J connectivity index is 2.46. The second-order valence-corrected chi connectivity index (χ2v) is 4.81. The van der Waals surface area contributed by atoms with Crippen molar-refractivity contribution in [2.45, 2.75) is 26.2 Å². The molecule has 0 saturated heterocycles. The van der Waals surface area contributed by atoms with Crippen LogP contribution in [0.15, 0.2) is 24.3 Å². The zero-order chi connectivity index (χ0) is 17.2. The van der Waals surface area contributed by atoms with Gasteiger partial charge in [-0.05, 0) is 44.0 Å². The first-order chi connectivity index (χ1) is 11.0. The van der Waals surface area contributed by atoms with Crippen LogP contribution in [0.3, 0.4) is 0 Å². The predicted octanol–water partition coefficient (Wildman–Crippen LogP) is 1.64. The smallest absolute Gasteiger partial charge is 0.316 e. The number of carbonyl (C=O) groups is 3. The Hall–Kier alpha value is -2.44. The topological polar surface area (TPSA) is 75.7 Å². The van der Waals surface area contributed by atoms with Gasteiger partial charge < -0.3 is 15.0 Å². The maximum Gasteiger partial charge on any atom is 0.316 e. The lowest BCUT2D eigenvalue weighted by Crippen LogP contribution is -2.43. The molecule has 126 valence electrons. The van der Waals surface area contributed by atoms with Gasteiger partial charge in [-0.25, -0.2) is 4.39 Å². The largest absolute Gasteiger partial charge is 0.469 e. The first-order valence-corrected chi connectivity index (χ1v) is 7.41. The van der Waals surface area contributed by atoms with E-state index in [9.17, 15) is 18.8 Å². The number of anilines is 1.